The zero-order chi connectivity index (χ0) is 17.0. The van der Waals surface area contributed by atoms with Crippen LogP contribution < -0.4 is 0 Å². The summed E-state index contributed by atoms with van der Waals surface area (Å²) in [4.78, 5) is 12.1. The molecule has 0 amide bonds. The van der Waals surface area contributed by atoms with Crippen LogP contribution in [0.15, 0.2) is 0 Å². The molecular formula is C19H38O2Si. The highest BCUT2D eigenvalue weighted by Gasteiger charge is 2.36. The SMILES string of the molecule is CC(C)C1CCC(=O)C(CCCCO[Si](C)(C)C(C)(C)C)C1. The van der Waals surface area contributed by atoms with E-state index in [1.54, 1.807) is 0 Å². The Balaban J connectivity index is 2.28. The first-order chi connectivity index (χ1) is 10.0. The number of carbonyl (C=O) groups excluding carboxylic acids is 1. The fourth-order valence-electron chi connectivity index (χ4n) is 3.07. The Bertz CT molecular complexity index is 355. The van der Waals surface area contributed by atoms with Crippen LogP contribution in [0, 0.1) is 17.8 Å². The van der Waals surface area contributed by atoms with Crippen LogP contribution in [-0.4, -0.2) is 20.7 Å². The lowest BCUT2D eigenvalue weighted by molar-refractivity contribution is -0.126. The van der Waals surface area contributed by atoms with Gasteiger partial charge in [-0.3, -0.25) is 4.79 Å². The molecule has 3 heteroatoms. The van der Waals surface area contributed by atoms with Gasteiger partial charge in [0.05, 0.1) is 0 Å². The van der Waals surface area contributed by atoms with Crippen LogP contribution in [0.2, 0.25) is 18.1 Å². The lowest BCUT2D eigenvalue weighted by atomic mass is 9.74. The maximum absolute atomic E-state index is 12.1. The summed E-state index contributed by atoms with van der Waals surface area (Å²) in [5.74, 6) is 2.32. The number of unbranched alkanes of at least 4 members (excludes halogenated alkanes) is 1. The molecule has 0 heterocycles. The molecule has 1 rings (SSSR count). The summed E-state index contributed by atoms with van der Waals surface area (Å²) >= 11 is 0. The molecule has 0 aliphatic heterocycles. The molecule has 0 radical (unpaired) electrons. The van der Waals surface area contributed by atoms with Crippen molar-refractivity contribution < 1.29 is 9.22 Å². The lowest BCUT2D eigenvalue weighted by Gasteiger charge is -2.36. The topological polar surface area (TPSA) is 26.3 Å². The van der Waals surface area contributed by atoms with Crippen molar-refractivity contribution in [2.75, 3.05) is 6.61 Å². The second-order valence-corrected chi connectivity index (χ2v) is 13.9. The van der Waals surface area contributed by atoms with Gasteiger partial charge < -0.3 is 4.43 Å². The van der Waals surface area contributed by atoms with Gasteiger partial charge in [0.25, 0.3) is 0 Å². The second kappa shape index (κ2) is 8.10. The molecule has 1 fully saturated rings. The molecule has 2 unspecified atom stereocenters. The summed E-state index contributed by atoms with van der Waals surface area (Å²) in [6.45, 7) is 16.9. The van der Waals surface area contributed by atoms with E-state index in [1.807, 2.05) is 0 Å². The third kappa shape index (κ3) is 5.81. The Kier molecular flexibility index (Phi) is 7.32. The molecule has 1 aliphatic carbocycles. The van der Waals surface area contributed by atoms with Crippen molar-refractivity contribution in [1.82, 2.24) is 0 Å². The van der Waals surface area contributed by atoms with Gasteiger partial charge in [0, 0.05) is 18.9 Å². The molecule has 0 aromatic carbocycles. The van der Waals surface area contributed by atoms with Crippen molar-refractivity contribution in [3.05, 3.63) is 0 Å². The fourth-order valence-corrected chi connectivity index (χ4v) is 4.16. The summed E-state index contributed by atoms with van der Waals surface area (Å²) in [7, 11) is -1.60. The highest BCUT2D eigenvalue weighted by molar-refractivity contribution is 6.74. The quantitative estimate of drug-likeness (QED) is 0.435. The minimum absolute atomic E-state index is 0.289. The van der Waals surface area contributed by atoms with Gasteiger partial charge in [-0.1, -0.05) is 41.0 Å². The van der Waals surface area contributed by atoms with E-state index < -0.39 is 8.32 Å². The maximum Gasteiger partial charge on any atom is 0.191 e. The molecule has 0 aromatic heterocycles. The number of hydrogen-bond donors (Lipinski definition) is 0. The smallest absolute Gasteiger partial charge is 0.191 e. The van der Waals surface area contributed by atoms with E-state index in [4.69, 9.17) is 4.43 Å². The van der Waals surface area contributed by atoms with Gasteiger partial charge in [0.2, 0.25) is 0 Å². The summed E-state index contributed by atoms with van der Waals surface area (Å²) in [5.41, 5.74) is 0. The predicted molar refractivity (Wildman–Crippen MR) is 97.7 cm³/mol. The third-order valence-corrected chi connectivity index (χ3v) is 10.5. The lowest BCUT2D eigenvalue weighted by Crippen LogP contribution is -2.41. The Hall–Kier alpha value is -0.153. The van der Waals surface area contributed by atoms with Crippen LogP contribution in [-0.2, 0) is 9.22 Å². The van der Waals surface area contributed by atoms with Gasteiger partial charge >= 0.3 is 0 Å². The van der Waals surface area contributed by atoms with Gasteiger partial charge in [0.1, 0.15) is 5.78 Å². The van der Waals surface area contributed by atoms with E-state index in [1.165, 1.54) is 0 Å². The highest BCUT2D eigenvalue weighted by Crippen LogP contribution is 2.37. The highest BCUT2D eigenvalue weighted by atomic mass is 28.4. The first-order valence-corrected chi connectivity index (χ1v) is 12.1. The molecule has 0 aromatic rings. The fraction of sp³-hybridized carbons (Fsp3) is 0.947. The van der Waals surface area contributed by atoms with E-state index >= 15 is 0 Å². The zero-order valence-electron chi connectivity index (χ0n) is 16.0. The molecule has 130 valence electrons. The average molecular weight is 327 g/mol. The van der Waals surface area contributed by atoms with E-state index in [0.717, 1.165) is 57.0 Å². The monoisotopic (exact) mass is 326 g/mol. The second-order valence-electron chi connectivity index (χ2n) is 9.05. The molecule has 1 aliphatic rings. The van der Waals surface area contributed by atoms with Crippen LogP contribution in [0.5, 0.6) is 0 Å². The molecule has 0 spiro atoms. The number of carbonyl (C=O) groups is 1. The van der Waals surface area contributed by atoms with Crippen molar-refractivity contribution in [3.8, 4) is 0 Å². The van der Waals surface area contributed by atoms with Gasteiger partial charge in [0.15, 0.2) is 8.32 Å². The molecule has 1 saturated carbocycles. The van der Waals surface area contributed by atoms with Crippen LogP contribution in [0.4, 0.5) is 0 Å². The molecular weight excluding hydrogens is 288 g/mol. The Morgan fingerprint density at radius 3 is 2.41 bits per heavy atom. The molecule has 0 saturated heterocycles. The zero-order valence-corrected chi connectivity index (χ0v) is 17.0. The first kappa shape index (κ1) is 19.9. The summed E-state index contributed by atoms with van der Waals surface area (Å²) < 4.78 is 6.22. The van der Waals surface area contributed by atoms with Crippen molar-refractivity contribution in [2.24, 2.45) is 17.8 Å². The van der Waals surface area contributed by atoms with Crippen LogP contribution >= 0.6 is 0 Å². The Morgan fingerprint density at radius 2 is 1.86 bits per heavy atom. The van der Waals surface area contributed by atoms with Crippen molar-refractivity contribution >= 4 is 14.1 Å². The Morgan fingerprint density at radius 1 is 1.23 bits per heavy atom. The summed E-state index contributed by atoms with van der Waals surface area (Å²) in [5, 5.41) is 0.289. The predicted octanol–water partition coefficient (Wildman–Crippen LogP) is 5.82. The van der Waals surface area contributed by atoms with E-state index in [2.05, 4.69) is 47.7 Å². The van der Waals surface area contributed by atoms with Crippen molar-refractivity contribution in [1.29, 1.82) is 0 Å². The number of hydrogen-bond acceptors (Lipinski definition) is 2. The van der Waals surface area contributed by atoms with Crippen LogP contribution in [0.25, 0.3) is 0 Å². The van der Waals surface area contributed by atoms with Crippen LogP contribution in [0.1, 0.15) is 73.1 Å². The third-order valence-electron chi connectivity index (χ3n) is 5.96. The minimum atomic E-state index is -1.60. The largest absolute Gasteiger partial charge is 0.417 e. The minimum Gasteiger partial charge on any atom is -0.417 e. The summed E-state index contributed by atoms with van der Waals surface area (Å²) in [6, 6.07) is 0. The van der Waals surface area contributed by atoms with Crippen molar-refractivity contribution in [3.63, 3.8) is 0 Å². The van der Waals surface area contributed by atoms with Gasteiger partial charge in [-0.2, -0.15) is 0 Å². The molecule has 0 N–H and O–H groups in total. The number of Topliss-reactive ketones (excluding diaryl/α,β-unsaturated/α-hetero) is 1. The average Bonchev–Trinajstić information content (AvgIpc) is 2.38. The standard InChI is InChI=1S/C19H38O2Si/c1-15(2)16-11-12-18(20)17(14-16)10-8-9-13-21-22(6,7)19(3,4)5/h15-17H,8-14H2,1-7H3. The summed E-state index contributed by atoms with van der Waals surface area (Å²) in [6.07, 6.45) is 6.36. The van der Waals surface area contributed by atoms with E-state index in [-0.39, 0.29) is 5.04 Å². The van der Waals surface area contributed by atoms with Gasteiger partial charge in [-0.05, 0) is 55.7 Å². The van der Waals surface area contributed by atoms with Crippen LogP contribution in [0.3, 0.4) is 0 Å². The molecule has 2 nitrogen and oxygen atoms in total. The van der Waals surface area contributed by atoms with Gasteiger partial charge in [-0.15, -0.1) is 0 Å². The molecule has 2 atom stereocenters. The van der Waals surface area contributed by atoms with Gasteiger partial charge in [-0.25, -0.2) is 0 Å². The normalized spacial score (nSPS) is 24.1. The maximum atomic E-state index is 12.1. The molecule has 0 bridgehead atoms. The number of ketones is 1. The molecule has 22 heavy (non-hydrogen) atoms. The Labute approximate surface area is 139 Å². The number of rotatable bonds is 7. The van der Waals surface area contributed by atoms with E-state index in [9.17, 15) is 4.79 Å². The first-order valence-electron chi connectivity index (χ1n) is 9.21. The van der Waals surface area contributed by atoms with E-state index in [0.29, 0.717) is 11.7 Å². The van der Waals surface area contributed by atoms with Crippen molar-refractivity contribution in [2.45, 2.75) is 91.3 Å².